The van der Waals surface area contributed by atoms with E-state index < -0.39 is 12.0 Å². The Kier molecular flexibility index (Phi) is 3.34. The monoisotopic (exact) mass is 266 g/mol. The molecule has 4 nitrogen and oxygen atoms in total. The van der Waals surface area contributed by atoms with E-state index in [1.165, 1.54) is 38.5 Å². The lowest BCUT2D eigenvalue weighted by Gasteiger charge is -2.59. The molecule has 1 amide bonds. The molecule has 0 radical (unpaired) electrons. The summed E-state index contributed by atoms with van der Waals surface area (Å²) in [6.45, 7) is 2.51. The lowest BCUT2D eigenvalue weighted by molar-refractivity contribution is -0.126. The number of aliphatic hydroxyl groups is 1. The number of hydrogen-bond acceptors (Lipinski definition) is 3. The van der Waals surface area contributed by atoms with Crippen molar-refractivity contribution in [1.82, 2.24) is 5.32 Å². The van der Waals surface area contributed by atoms with Crippen molar-refractivity contribution in [3.8, 4) is 0 Å². The Balaban J connectivity index is 1.63. The molecular weight excluding hydrogens is 240 g/mol. The summed E-state index contributed by atoms with van der Waals surface area (Å²) in [5.41, 5.74) is 5.51. The van der Waals surface area contributed by atoms with Crippen LogP contribution in [0, 0.1) is 23.2 Å². The smallest absolute Gasteiger partial charge is 0.247 e. The van der Waals surface area contributed by atoms with Gasteiger partial charge in [0.25, 0.3) is 0 Å². The summed E-state index contributed by atoms with van der Waals surface area (Å²) in [6.07, 6.45) is 7.26. The van der Waals surface area contributed by atoms with Crippen molar-refractivity contribution >= 4 is 5.91 Å². The number of rotatable bonds is 5. The summed E-state index contributed by atoms with van der Waals surface area (Å²) in [4.78, 5) is 10.9. The highest BCUT2D eigenvalue weighted by molar-refractivity contribution is 5.78. The van der Waals surface area contributed by atoms with Crippen LogP contribution in [-0.2, 0) is 4.79 Å². The van der Waals surface area contributed by atoms with E-state index in [-0.39, 0.29) is 6.54 Å². The average Bonchev–Trinajstić information content (AvgIpc) is 2.33. The maximum atomic E-state index is 10.9. The van der Waals surface area contributed by atoms with Crippen LogP contribution < -0.4 is 11.1 Å². The second-order valence-electron chi connectivity index (χ2n) is 7.33. The van der Waals surface area contributed by atoms with Crippen molar-refractivity contribution in [2.24, 2.45) is 28.9 Å². The Hall–Kier alpha value is -0.610. The number of carbonyl (C=O) groups is 1. The van der Waals surface area contributed by atoms with Gasteiger partial charge in [0.1, 0.15) is 6.10 Å². The van der Waals surface area contributed by atoms with Gasteiger partial charge in [-0.1, -0.05) is 0 Å². The standard InChI is InChI=1S/C15H26N2O2/c1-9(17-8-13(18)14(16)19)15-5-10-2-11(6-15)4-12(3-10)7-15/h9-13,17-18H,2-8H2,1H3,(H2,16,19). The van der Waals surface area contributed by atoms with Gasteiger partial charge in [-0.15, -0.1) is 0 Å². The van der Waals surface area contributed by atoms with Crippen LogP contribution in [0.3, 0.4) is 0 Å². The first-order chi connectivity index (χ1) is 8.98. The minimum absolute atomic E-state index is 0.290. The minimum Gasteiger partial charge on any atom is -0.382 e. The predicted molar refractivity (Wildman–Crippen MR) is 73.3 cm³/mol. The van der Waals surface area contributed by atoms with Crippen LogP contribution in [0.1, 0.15) is 45.4 Å². The van der Waals surface area contributed by atoms with Gasteiger partial charge in [-0.05, 0) is 68.6 Å². The first-order valence-corrected chi connectivity index (χ1v) is 7.69. The van der Waals surface area contributed by atoms with Crippen LogP contribution in [0.25, 0.3) is 0 Å². The second-order valence-corrected chi connectivity index (χ2v) is 7.33. The fourth-order valence-electron chi connectivity index (χ4n) is 5.31. The molecular formula is C15H26N2O2. The van der Waals surface area contributed by atoms with Gasteiger partial charge in [0.2, 0.25) is 5.91 Å². The lowest BCUT2D eigenvalue weighted by atomic mass is 9.48. The summed E-state index contributed by atoms with van der Waals surface area (Å²) in [6, 6.07) is 0.370. The lowest BCUT2D eigenvalue weighted by Crippen LogP contribution is -2.56. The van der Waals surface area contributed by atoms with Crippen LogP contribution in [0.4, 0.5) is 0 Å². The molecule has 0 aromatic heterocycles. The summed E-state index contributed by atoms with van der Waals surface area (Å²) in [5, 5.41) is 12.9. The zero-order valence-corrected chi connectivity index (χ0v) is 11.8. The van der Waals surface area contributed by atoms with Gasteiger partial charge in [0, 0.05) is 12.6 Å². The SMILES string of the molecule is CC(NCC(O)C(N)=O)C12CC3CC(CC(C3)C1)C2. The van der Waals surface area contributed by atoms with Crippen molar-refractivity contribution in [2.45, 2.75) is 57.6 Å². The molecule has 4 fully saturated rings. The van der Waals surface area contributed by atoms with E-state index in [9.17, 15) is 9.90 Å². The summed E-state index contributed by atoms with van der Waals surface area (Å²) in [7, 11) is 0. The van der Waals surface area contributed by atoms with Crippen molar-refractivity contribution in [1.29, 1.82) is 0 Å². The highest BCUT2D eigenvalue weighted by Gasteiger charge is 2.52. The normalized spacial score (nSPS) is 43.2. The van der Waals surface area contributed by atoms with Gasteiger partial charge in [-0.2, -0.15) is 0 Å². The molecule has 108 valence electrons. The Labute approximate surface area is 115 Å². The van der Waals surface area contributed by atoms with E-state index in [4.69, 9.17) is 5.73 Å². The summed E-state index contributed by atoms with van der Waals surface area (Å²) in [5.74, 6) is 2.15. The van der Waals surface area contributed by atoms with Crippen molar-refractivity contribution in [2.75, 3.05) is 6.54 Å². The Bertz CT molecular complexity index is 334. The molecule has 19 heavy (non-hydrogen) atoms. The third-order valence-electron chi connectivity index (χ3n) is 5.95. The van der Waals surface area contributed by atoms with Gasteiger partial charge in [0.15, 0.2) is 0 Å². The van der Waals surface area contributed by atoms with Crippen LogP contribution in [0.5, 0.6) is 0 Å². The number of amides is 1. The van der Waals surface area contributed by atoms with Crippen LogP contribution in [-0.4, -0.2) is 29.7 Å². The summed E-state index contributed by atoms with van der Waals surface area (Å²) >= 11 is 0. The molecule has 4 rings (SSSR count). The van der Waals surface area contributed by atoms with Gasteiger partial charge in [-0.25, -0.2) is 0 Å². The molecule has 2 unspecified atom stereocenters. The molecule has 4 N–H and O–H groups in total. The van der Waals surface area contributed by atoms with Crippen LogP contribution in [0.15, 0.2) is 0 Å². The van der Waals surface area contributed by atoms with Gasteiger partial charge in [-0.3, -0.25) is 4.79 Å². The Morgan fingerprint density at radius 1 is 1.26 bits per heavy atom. The summed E-state index contributed by atoms with van der Waals surface area (Å²) < 4.78 is 0. The fraction of sp³-hybridized carbons (Fsp3) is 0.933. The number of primary amides is 1. The van der Waals surface area contributed by atoms with Gasteiger partial charge in [0.05, 0.1) is 0 Å². The molecule has 4 heteroatoms. The first-order valence-electron chi connectivity index (χ1n) is 7.69. The highest BCUT2D eigenvalue weighted by atomic mass is 16.3. The largest absolute Gasteiger partial charge is 0.382 e. The molecule has 4 bridgehead atoms. The highest BCUT2D eigenvalue weighted by Crippen LogP contribution is 2.61. The third kappa shape index (κ3) is 2.40. The molecule has 0 spiro atoms. The Morgan fingerprint density at radius 3 is 2.16 bits per heavy atom. The second kappa shape index (κ2) is 4.74. The van der Waals surface area contributed by atoms with E-state index >= 15 is 0 Å². The zero-order chi connectivity index (χ0) is 13.6. The molecule has 0 aromatic rings. The van der Waals surface area contributed by atoms with Gasteiger partial charge >= 0.3 is 0 Å². The number of nitrogens with two attached hydrogens (primary N) is 1. The minimum atomic E-state index is -1.06. The number of hydrogen-bond donors (Lipinski definition) is 3. The van der Waals surface area contributed by atoms with Crippen molar-refractivity contribution in [3.63, 3.8) is 0 Å². The van der Waals surface area contributed by atoms with Crippen LogP contribution in [0.2, 0.25) is 0 Å². The third-order valence-corrected chi connectivity index (χ3v) is 5.95. The van der Waals surface area contributed by atoms with E-state index in [1.807, 2.05) is 0 Å². The molecule has 4 aliphatic carbocycles. The number of nitrogens with one attached hydrogen (secondary N) is 1. The van der Waals surface area contributed by atoms with E-state index in [2.05, 4.69) is 12.2 Å². The Morgan fingerprint density at radius 2 is 1.74 bits per heavy atom. The van der Waals surface area contributed by atoms with Crippen LogP contribution >= 0.6 is 0 Å². The molecule has 0 aromatic carbocycles. The molecule has 4 saturated carbocycles. The molecule has 0 heterocycles. The number of carbonyl (C=O) groups excluding carboxylic acids is 1. The average molecular weight is 266 g/mol. The molecule has 0 saturated heterocycles. The maximum Gasteiger partial charge on any atom is 0.247 e. The van der Waals surface area contributed by atoms with E-state index in [1.54, 1.807) is 0 Å². The molecule has 0 aliphatic heterocycles. The topological polar surface area (TPSA) is 75.3 Å². The maximum absolute atomic E-state index is 10.9. The van der Waals surface area contributed by atoms with E-state index in [0.717, 1.165) is 17.8 Å². The predicted octanol–water partition coefficient (Wildman–Crippen LogP) is 1.03. The fourth-order valence-corrected chi connectivity index (χ4v) is 5.31. The van der Waals surface area contributed by atoms with E-state index in [0.29, 0.717) is 11.5 Å². The zero-order valence-electron chi connectivity index (χ0n) is 11.8. The number of aliphatic hydroxyl groups excluding tert-OH is 1. The van der Waals surface area contributed by atoms with Crippen molar-refractivity contribution < 1.29 is 9.90 Å². The first kappa shape index (κ1) is 13.4. The van der Waals surface area contributed by atoms with Gasteiger partial charge < -0.3 is 16.2 Å². The quantitative estimate of drug-likeness (QED) is 0.695. The molecule has 2 atom stereocenters. The van der Waals surface area contributed by atoms with Crippen molar-refractivity contribution in [3.05, 3.63) is 0 Å². The molecule has 4 aliphatic rings.